The van der Waals surface area contributed by atoms with Gasteiger partial charge in [0.25, 0.3) is 0 Å². The molecule has 1 heterocycles. The Kier molecular flexibility index (Phi) is 2.85. The maximum atomic E-state index is 13.1. The van der Waals surface area contributed by atoms with E-state index in [1.807, 2.05) is 0 Å². The molecule has 0 radical (unpaired) electrons. The molecule has 4 nitrogen and oxygen atoms in total. The fourth-order valence-corrected chi connectivity index (χ4v) is 7.76. The van der Waals surface area contributed by atoms with Crippen LogP contribution in [0, 0.1) is 34.0 Å². The summed E-state index contributed by atoms with van der Waals surface area (Å²) in [4.78, 5) is 13.1. The van der Waals surface area contributed by atoms with Crippen LogP contribution < -0.4 is 0 Å². The second-order valence-corrected chi connectivity index (χ2v) is 9.54. The van der Waals surface area contributed by atoms with Crippen molar-refractivity contribution < 1.29 is 19.7 Å². The number of fused-ring (bicyclic) bond motifs is 2. The fourth-order valence-electron chi connectivity index (χ4n) is 7.76. The molecule has 24 heavy (non-hydrogen) atoms. The molecule has 1 saturated heterocycles. The Hall–Kier alpha value is -0.870. The molecule has 6 rings (SSSR count). The molecule has 6 fully saturated rings. The molecule has 5 saturated carbocycles. The summed E-state index contributed by atoms with van der Waals surface area (Å²) < 4.78 is 5.73. The molecule has 8 unspecified atom stereocenters. The third-order valence-electron chi connectivity index (χ3n) is 8.90. The number of carbonyl (C=O) groups excluding carboxylic acids is 1. The van der Waals surface area contributed by atoms with E-state index >= 15 is 0 Å². The predicted octanol–water partition coefficient (Wildman–Crippen LogP) is 2.43. The van der Waals surface area contributed by atoms with Crippen molar-refractivity contribution in [1.29, 1.82) is 0 Å². The van der Waals surface area contributed by atoms with E-state index in [-0.39, 0.29) is 29.1 Å². The van der Waals surface area contributed by atoms with Crippen LogP contribution in [-0.4, -0.2) is 35.0 Å². The Morgan fingerprint density at radius 2 is 1.96 bits per heavy atom. The van der Waals surface area contributed by atoms with Crippen LogP contribution in [0.2, 0.25) is 0 Å². The van der Waals surface area contributed by atoms with E-state index in [2.05, 4.69) is 13.5 Å². The first-order valence-electron chi connectivity index (χ1n) is 9.58. The van der Waals surface area contributed by atoms with Gasteiger partial charge in [-0.25, -0.2) is 0 Å². The number of hydrogen-bond donors (Lipinski definition) is 2. The molecule has 6 aliphatic rings. The van der Waals surface area contributed by atoms with Crippen molar-refractivity contribution >= 4 is 5.97 Å². The highest BCUT2D eigenvalue weighted by Crippen LogP contribution is 2.73. The largest absolute Gasteiger partial charge is 0.465 e. The van der Waals surface area contributed by atoms with Crippen LogP contribution in [0.3, 0.4) is 0 Å². The summed E-state index contributed by atoms with van der Waals surface area (Å²) in [5.74, 6) is 0.456. The van der Waals surface area contributed by atoms with E-state index in [0.29, 0.717) is 13.0 Å². The molecule has 1 spiro atoms. The molecule has 4 bridgehead atoms. The van der Waals surface area contributed by atoms with Crippen molar-refractivity contribution in [3.05, 3.63) is 12.2 Å². The number of carbonyl (C=O) groups is 1. The van der Waals surface area contributed by atoms with Crippen LogP contribution in [0.15, 0.2) is 12.2 Å². The zero-order chi connectivity index (χ0) is 16.9. The van der Waals surface area contributed by atoms with E-state index in [4.69, 9.17) is 4.74 Å². The van der Waals surface area contributed by atoms with Gasteiger partial charge in [-0.1, -0.05) is 19.9 Å². The lowest BCUT2D eigenvalue weighted by Crippen LogP contribution is -2.73. The van der Waals surface area contributed by atoms with Crippen LogP contribution in [0.25, 0.3) is 0 Å². The maximum absolute atomic E-state index is 13.1. The van der Waals surface area contributed by atoms with Crippen LogP contribution >= 0.6 is 0 Å². The van der Waals surface area contributed by atoms with Crippen molar-refractivity contribution in [2.24, 2.45) is 34.0 Å². The standard InChI is InChI=1S/C20H28O4/c1-11-12-4-7-20(16(11)22)14(8-12)19-6-3-5-18(2,10-24-17(19)23)13(19)9-15(20)21/h12-16,21-22H,1,3-10H2,2H3. The zero-order valence-electron chi connectivity index (χ0n) is 14.5. The molecule has 0 aromatic heterocycles. The van der Waals surface area contributed by atoms with Crippen LogP contribution in [-0.2, 0) is 9.53 Å². The number of hydrogen-bond acceptors (Lipinski definition) is 4. The highest BCUT2D eigenvalue weighted by molar-refractivity contribution is 5.80. The third kappa shape index (κ3) is 1.44. The summed E-state index contributed by atoms with van der Waals surface area (Å²) in [6.07, 6.45) is 5.05. The minimum absolute atomic E-state index is 0.0204. The lowest BCUT2D eigenvalue weighted by molar-refractivity contribution is -0.278. The van der Waals surface area contributed by atoms with E-state index in [1.54, 1.807) is 0 Å². The predicted molar refractivity (Wildman–Crippen MR) is 87.9 cm³/mol. The molecule has 4 heteroatoms. The molecule has 132 valence electrons. The summed E-state index contributed by atoms with van der Waals surface area (Å²) in [6, 6.07) is 0. The summed E-state index contributed by atoms with van der Waals surface area (Å²) in [5.41, 5.74) is -0.219. The molecular formula is C20H28O4. The van der Waals surface area contributed by atoms with E-state index in [1.165, 1.54) is 0 Å². The second-order valence-electron chi connectivity index (χ2n) is 9.54. The van der Waals surface area contributed by atoms with Gasteiger partial charge in [0.15, 0.2) is 0 Å². The van der Waals surface area contributed by atoms with Crippen molar-refractivity contribution in [3.63, 3.8) is 0 Å². The quantitative estimate of drug-likeness (QED) is 0.528. The minimum Gasteiger partial charge on any atom is -0.465 e. The average molecular weight is 332 g/mol. The molecule has 8 atom stereocenters. The number of cyclic esters (lactones) is 1. The molecule has 0 amide bonds. The third-order valence-corrected chi connectivity index (χ3v) is 8.90. The minimum atomic E-state index is -0.678. The van der Waals surface area contributed by atoms with Crippen LogP contribution in [0.5, 0.6) is 0 Å². The maximum Gasteiger partial charge on any atom is 0.312 e. The van der Waals surface area contributed by atoms with Crippen LogP contribution in [0.4, 0.5) is 0 Å². The van der Waals surface area contributed by atoms with Gasteiger partial charge in [-0.3, -0.25) is 4.79 Å². The van der Waals surface area contributed by atoms with Crippen molar-refractivity contribution in [1.82, 2.24) is 0 Å². The van der Waals surface area contributed by atoms with E-state index < -0.39 is 23.0 Å². The Bertz CT molecular complexity index is 629. The normalized spacial score (nSPS) is 58.7. The summed E-state index contributed by atoms with van der Waals surface area (Å²) in [7, 11) is 0. The second kappa shape index (κ2) is 4.45. The fraction of sp³-hybridized carbons (Fsp3) is 0.850. The Morgan fingerprint density at radius 3 is 2.75 bits per heavy atom. The van der Waals surface area contributed by atoms with Gasteiger partial charge in [-0.2, -0.15) is 0 Å². The number of esters is 1. The van der Waals surface area contributed by atoms with Gasteiger partial charge in [0.2, 0.25) is 0 Å². The first-order valence-corrected chi connectivity index (χ1v) is 9.58. The number of ether oxygens (including phenoxy) is 1. The Labute approximate surface area is 143 Å². The SMILES string of the molecule is C=C1C2CCC3(C(O)CC4C5(C)CCCC4(C(=O)OC5)C3C2)C1O. The highest BCUT2D eigenvalue weighted by atomic mass is 16.5. The van der Waals surface area contributed by atoms with E-state index in [0.717, 1.165) is 44.1 Å². The smallest absolute Gasteiger partial charge is 0.312 e. The first-order chi connectivity index (χ1) is 11.4. The highest BCUT2D eigenvalue weighted by Gasteiger charge is 2.75. The van der Waals surface area contributed by atoms with Gasteiger partial charge in [-0.15, -0.1) is 0 Å². The Balaban J connectivity index is 1.71. The lowest BCUT2D eigenvalue weighted by Gasteiger charge is -2.71. The van der Waals surface area contributed by atoms with Crippen molar-refractivity contribution in [3.8, 4) is 0 Å². The average Bonchev–Trinajstić information content (AvgIpc) is 2.57. The zero-order valence-corrected chi connectivity index (χ0v) is 14.5. The number of aliphatic hydroxyl groups is 2. The monoisotopic (exact) mass is 332 g/mol. The van der Waals surface area contributed by atoms with Gasteiger partial charge in [0.1, 0.15) is 0 Å². The molecular weight excluding hydrogens is 304 g/mol. The van der Waals surface area contributed by atoms with Gasteiger partial charge < -0.3 is 14.9 Å². The summed E-state index contributed by atoms with van der Waals surface area (Å²) >= 11 is 0. The molecule has 0 aromatic rings. The van der Waals surface area contributed by atoms with Crippen LogP contribution in [0.1, 0.15) is 51.9 Å². The Morgan fingerprint density at radius 1 is 1.17 bits per heavy atom. The van der Waals surface area contributed by atoms with Gasteiger partial charge in [0, 0.05) is 10.8 Å². The first kappa shape index (κ1) is 15.4. The van der Waals surface area contributed by atoms with Crippen molar-refractivity contribution in [2.45, 2.75) is 64.1 Å². The summed E-state index contributed by atoms with van der Waals surface area (Å²) in [6.45, 7) is 6.86. The molecule has 2 N–H and O–H groups in total. The summed E-state index contributed by atoms with van der Waals surface area (Å²) in [5, 5.41) is 22.3. The van der Waals surface area contributed by atoms with Crippen molar-refractivity contribution in [2.75, 3.05) is 6.61 Å². The van der Waals surface area contributed by atoms with Gasteiger partial charge in [0.05, 0.1) is 24.2 Å². The molecule has 5 aliphatic carbocycles. The molecule has 1 aliphatic heterocycles. The molecule has 0 aromatic carbocycles. The van der Waals surface area contributed by atoms with Gasteiger partial charge in [-0.05, 0) is 61.9 Å². The van der Waals surface area contributed by atoms with Gasteiger partial charge >= 0.3 is 5.97 Å². The number of rotatable bonds is 0. The number of aliphatic hydroxyl groups excluding tert-OH is 2. The lowest BCUT2D eigenvalue weighted by atomic mass is 9.34. The topological polar surface area (TPSA) is 66.8 Å². The van der Waals surface area contributed by atoms with E-state index in [9.17, 15) is 15.0 Å².